The molecule has 37 heavy (non-hydrogen) atoms. The lowest BCUT2D eigenvalue weighted by molar-refractivity contribution is 0.158. The standard InChI is InChI=1S/C30H27N5O2/c1-19(18-37-2)34-16-22-12-20(5-7-25(22)28(34)36)23-14-32-29-33-15-27(35(29)17-23)30(9-10-30)24-6-8-26-21(13-24)4-3-11-31-26/h3-8,11-17,19,36H,9-10,18H2,1-2H3. The molecule has 0 amide bonds. The van der Waals surface area contributed by atoms with E-state index in [-0.39, 0.29) is 17.3 Å². The average Bonchev–Trinajstić information content (AvgIpc) is 3.51. The number of imidazole rings is 1. The molecule has 6 aromatic rings. The molecule has 1 fully saturated rings. The van der Waals surface area contributed by atoms with Gasteiger partial charge in [0.15, 0.2) is 5.88 Å². The van der Waals surface area contributed by atoms with E-state index < -0.39 is 0 Å². The van der Waals surface area contributed by atoms with Crippen LogP contribution in [0.2, 0.25) is 0 Å². The third-order valence-electron chi connectivity index (χ3n) is 7.79. The first kappa shape index (κ1) is 22.0. The number of hydrogen-bond acceptors (Lipinski definition) is 5. The van der Waals surface area contributed by atoms with Gasteiger partial charge in [-0.2, -0.15) is 0 Å². The molecule has 1 aliphatic rings. The molecule has 0 saturated heterocycles. The van der Waals surface area contributed by atoms with E-state index in [1.165, 1.54) is 11.3 Å². The van der Waals surface area contributed by atoms with Gasteiger partial charge in [0, 0.05) is 59.0 Å². The van der Waals surface area contributed by atoms with E-state index in [2.05, 4.69) is 55.9 Å². The first-order valence-corrected chi connectivity index (χ1v) is 12.6. The molecule has 1 atom stereocenters. The molecule has 4 aromatic heterocycles. The van der Waals surface area contributed by atoms with Crippen LogP contribution in [0.5, 0.6) is 5.88 Å². The van der Waals surface area contributed by atoms with Crippen molar-refractivity contribution in [3.63, 3.8) is 0 Å². The summed E-state index contributed by atoms with van der Waals surface area (Å²) >= 11 is 0. The minimum absolute atomic E-state index is 0.0352. The van der Waals surface area contributed by atoms with Gasteiger partial charge in [0.05, 0.1) is 30.1 Å². The Morgan fingerprint density at radius 2 is 1.84 bits per heavy atom. The second-order valence-electron chi connectivity index (χ2n) is 10.1. The van der Waals surface area contributed by atoms with Crippen LogP contribution in [0, 0.1) is 0 Å². The first-order valence-electron chi connectivity index (χ1n) is 12.6. The summed E-state index contributed by atoms with van der Waals surface area (Å²) in [5.74, 6) is 0.962. The predicted octanol–water partition coefficient (Wildman–Crippen LogP) is 5.89. The van der Waals surface area contributed by atoms with Crippen molar-refractivity contribution in [2.75, 3.05) is 13.7 Å². The number of nitrogens with zero attached hydrogens (tertiary/aromatic N) is 5. The zero-order chi connectivity index (χ0) is 25.1. The van der Waals surface area contributed by atoms with Crippen LogP contribution in [0.3, 0.4) is 0 Å². The van der Waals surface area contributed by atoms with Gasteiger partial charge >= 0.3 is 0 Å². The summed E-state index contributed by atoms with van der Waals surface area (Å²) in [4.78, 5) is 13.8. The van der Waals surface area contributed by atoms with Gasteiger partial charge in [-0.05, 0) is 61.2 Å². The number of methoxy groups -OCH3 is 1. The van der Waals surface area contributed by atoms with Crippen molar-refractivity contribution in [2.24, 2.45) is 0 Å². The fraction of sp³-hybridized carbons (Fsp3) is 0.233. The minimum atomic E-state index is -0.0613. The number of hydrogen-bond donors (Lipinski definition) is 1. The predicted molar refractivity (Wildman–Crippen MR) is 144 cm³/mol. The van der Waals surface area contributed by atoms with Gasteiger partial charge in [-0.3, -0.25) is 9.38 Å². The Labute approximate surface area is 214 Å². The topological polar surface area (TPSA) is 77.5 Å². The Balaban J connectivity index is 1.30. The van der Waals surface area contributed by atoms with Gasteiger partial charge < -0.3 is 14.4 Å². The Hall–Kier alpha value is -4.23. The summed E-state index contributed by atoms with van der Waals surface area (Å²) in [5, 5.41) is 13.7. The van der Waals surface area contributed by atoms with E-state index in [0.29, 0.717) is 12.4 Å². The van der Waals surface area contributed by atoms with Crippen molar-refractivity contribution in [1.82, 2.24) is 23.9 Å². The zero-order valence-corrected chi connectivity index (χ0v) is 20.8. The molecule has 4 heterocycles. The fourth-order valence-electron chi connectivity index (χ4n) is 5.63. The van der Waals surface area contributed by atoms with Gasteiger partial charge in [0.25, 0.3) is 0 Å². The summed E-state index contributed by atoms with van der Waals surface area (Å²) in [6.07, 6.45) is 12.0. The molecule has 1 saturated carbocycles. The SMILES string of the molecule is COCC(C)n1cc2cc(-c3cnc4ncc(C5(c6ccc7ncccc7c6)CC5)n4c3)ccc2c1O. The Morgan fingerprint density at radius 3 is 2.68 bits per heavy atom. The van der Waals surface area contributed by atoms with Gasteiger partial charge in [0.1, 0.15) is 0 Å². The highest BCUT2D eigenvalue weighted by molar-refractivity contribution is 5.91. The Kier molecular flexibility index (Phi) is 4.84. The highest BCUT2D eigenvalue weighted by Gasteiger charge is 2.48. The van der Waals surface area contributed by atoms with Crippen molar-refractivity contribution in [1.29, 1.82) is 0 Å². The maximum Gasteiger partial charge on any atom is 0.233 e. The molecule has 1 unspecified atom stereocenters. The van der Waals surface area contributed by atoms with Gasteiger partial charge in [-0.15, -0.1) is 0 Å². The van der Waals surface area contributed by atoms with Crippen LogP contribution in [0.4, 0.5) is 0 Å². The summed E-state index contributed by atoms with van der Waals surface area (Å²) in [7, 11) is 1.67. The van der Waals surface area contributed by atoms with E-state index in [4.69, 9.17) is 4.74 Å². The molecule has 7 heteroatoms. The minimum Gasteiger partial charge on any atom is -0.494 e. The quantitative estimate of drug-likeness (QED) is 0.316. The molecule has 1 aliphatic carbocycles. The highest BCUT2D eigenvalue weighted by Crippen LogP contribution is 2.53. The lowest BCUT2D eigenvalue weighted by Gasteiger charge is -2.16. The molecule has 0 aliphatic heterocycles. The molecule has 0 radical (unpaired) electrons. The number of pyridine rings is 1. The number of aromatic nitrogens is 5. The summed E-state index contributed by atoms with van der Waals surface area (Å²) in [6, 6.07) is 16.8. The number of aromatic hydroxyl groups is 1. The van der Waals surface area contributed by atoms with E-state index in [0.717, 1.165) is 45.6 Å². The normalized spacial score (nSPS) is 15.5. The molecule has 7 nitrogen and oxygen atoms in total. The first-order chi connectivity index (χ1) is 18.1. The van der Waals surface area contributed by atoms with Crippen molar-refractivity contribution in [3.05, 3.63) is 90.8 Å². The summed E-state index contributed by atoms with van der Waals surface area (Å²) in [6.45, 7) is 2.56. The maximum atomic E-state index is 10.7. The number of fused-ring (bicyclic) bond motifs is 3. The molecule has 7 rings (SSSR count). The van der Waals surface area contributed by atoms with Gasteiger partial charge in [0.2, 0.25) is 5.78 Å². The Bertz CT molecular complexity index is 1800. The van der Waals surface area contributed by atoms with Crippen LogP contribution in [-0.2, 0) is 10.2 Å². The lowest BCUT2D eigenvalue weighted by Crippen LogP contribution is -2.12. The van der Waals surface area contributed by atoms with Crippen LogP contribution in [-0.4, -0.2) is 42.7 Å². The fourth-order valence-corrected chi connectivity index (χ4v) is 5.63. The van der Waals surface area contributed by atoms with Gasteiger partial charge in [-0.1, -0.05) is 18.2 Å². The second-order valence-corrected chi connectivity index (χ2v) is 10.1. The van der Waals surface area contributed by atoms with E-state index in [1.54, 1.807) is 7.11 Å². The smallest absolute Gasteiger partial charge is 0.233 e. The third kappa shape index (κ3) is 3.42. The van der Waals surface area contributed by atoms with Crippen molar-refractivity contribution in [3.8, 4) is 17.0 Å². The zero-order valence-electron chi connectivity index (χ0n) is 20.8. The highest BCUT2D eigenvalue weighted by atomic mass is 16.5. The monoisotopic (exact) mass is 489 g/mol. The molecule has 1 N–H and O–H groups in total. The van der Waals surface area contributed by atoms with E-state index >= 15 is 0 Å². The number of benzene rings is 2. The molecular weight excluding hydrogens is 462 g/mol. The molecule has 184 valence electrons. The van der Waals surface area contributed by atoms with Crippen molar-refractivity contribution in [2.45, 2.75) is 31.2 Å². The van der Waals surface area contributed by atoms with Crippen LogP contribution in [0.1, 0.15) is 37.1 Å². The van der Waals surface area contributed by atoms with Gasteiger partial charge in [-0.25, -0.2) is 9.97 Å². The van der Waals surface area contributed by atoms with Crippen molar-refractivity contribution >= 4 is 27.5 Å². The van der Waals surface area contributed by atoms with Crippen molar-refractivity contribution < 1.29 is 9.84 Å². The van der Waals surface area contributed by atoms with Crippen LogP contribution >= 0.6 is 0 Å². The van der Waals surface area contributed by atoms with E-state index in [1.807, 2.05) is 54.5 Å². The molecule has 2 aromatic carbocycles. The molecule has 0 bridgehead atoms. The van der Waals surface area contributed by atoms with Crippen LogP contribution in [0.15, 0.2) is 79.5 Å². The van der Waals surface area contributed by atoms with E-state index in [9.17, 15) is 5.11 Å². The number of rotatable bonds is 6. The average molecular weight is 490 g/mol. The number of ether oxygens (including phenoxy) is 1. The molecular formula is C30H27N5O2. The lowest BCUT2D eigenvalue weighted by atomic mass is 9.91. The van der Waals surface area contributed by atoms with Crippen LogP contribution in [0.25, 0.3) is 38.6 Å². The Morgan fingerprint density at radius 1 is 0.973 bits per heavy atom. The second kappa shape index (κ2) is 8.15. The van der Waals surface area contributed by atoms with Crippen LogP contribution < -0.4 is 0 Å². The third-order valence-corrected chi connectivity index (χ3v) is 7.79. The maximum absolute atomic E-state index is 10.7. The largest absolute Gasteiger partial charge is 0.494 e. The summed E-state index contributed by atoms with van der Waals surface area (Å²) < 4.78 is 9.29. The molecule has 0 spiro atoms. The summed E-state index contributed by atoms with van der Waals surface area (Å²) in [5.41, 5.74) is 5.45.